The first-order valence-electron chi connectivity index (χ1n) is 10.6. The molecule has 0 aliphatic carbocycles. The number of anilines is 1. The van der Waals surface area contributed by atoms with Crippen molar-refractivity contribution in [2.75, 3.05) is 25.0 Å². The van der Waals surface area contributed by atoms with Crippen LogP contribution < -0.4 is 10.1 Å². The van der Waals surface area contributed by atoms with E-state index >= 15 is 0 Å². The number of ether oxygens (including phenoxy) is 1. The number of piperidine rings is 1. The quantitative estimate of drug-likeness (QED) is 0.610. The molecule has 4 rings (SSSR count). The van der Waals surface area contributed by atoms with Crippen LogP contribution in [-0.2, 0) is 21.9 Å². The van der Waals surface area contributed by atoms with Crippen molar-refractivity contribution >= 4 is 32.7 Å². The molecule has 9 nitrogen and oxygen atoms in total. The predicted octanol–water partition coefficient (Wildman–Crippen LogP) is 2.78. The van der Waals surface area contributed by atoms with Crippen LogP contribution in [0.1, 0.15) is 30.5 Å². The van der Waals surface area contributed by atoms with Gasteiger partial charge >= 0.3 is 0 Å². The van der Waals surface area contributed by atoms with Crippen LogP contribution in [0.4, 0.5) is 5.69 Å². The number of aryl methyl sites for hydroxylation is 3. The van der Waals surface area contributed by atoms with Gasteiger partial charge in [0.25, 0.3) is 5.91 Å². The molecule has 1 aromatic carbocycles. The fourth-order valence-corrected chi connectivity index (χ4v) is 5.67. The topological polar surface area (TPSA) is 106 Å². The zero-order valence-electron chi connectivity index (χ0n) is 18.5. The van der Waals surface area contributed by atoms with Crippen molar-refractivity contribution in [3.05, 3.63) is 41.6 Å². The summed E-state index contributed by atoms with van der Waals surface area (Å²) in [4.78, 5) is 17.2. The molecular formula is C22H27N5O4S. The number of nitrogens with zero attached hydrogens (tertiary/aromatic N) is 4. The second-order valence-electron chi connectivity index (χ2n) is 8.01. The van der Waals surface area contributed by atoms with E-state index in [0.29, 0.717) is 24.6 Å². The number of para-hydroxylation sites is 1. The third kappa shape index (κ3) is 4.33. The molecule has 0 spiro atoms. The van der Waals surface area contributed by atoms with Crippen LogP contribution in [0.3, 0.4) is 0 Å². The van der Waals surface area contributed by atoms with Crippen molar-refractivity contribution in [2.45, 2.75) is 38.0 Å². The van der Waals surface area contributed by atoms with Gasteiger partial charge in [0.05, 0.1) is 11.1 Å². The largest absolute Gasteiger partial charge is 0.466 e. The monoisotopic (exact) mass is 457 g/mol. The minimum absolute atomic E-state index is 0.0917. The molecule has 0 saturated carbocycles. The van der Waals surface area contributed by atoms with Crippen LogP contribution in [0.25, 0.3) is 11.0 Å². The summed E-state index contributed by atoms with van der Waals surface area (Å²) in [5, 5.41) is 7.77. The van der Waals surface area contributed by atoms with Gasteiger partial charge in [-0.2, -0.15) is 4.31 Å². The molecule has 0 radical (unpaired) electrons. The van der Waals surface area contributed by atoms with E-state index in [1.165, 1.54) is 10.4 Å². The molecule has 1 N–H and O–H groups in total. The van der Waals surface area contributed by atoms with Gasteiger partial charge in [-0.3, -0.25) is 4.79 Å². The number of benzene rings is 1. The van der Waals surface area contributed by atoms with Gasteiger partial charge in [0, 0.05) is 25.8 Å². The maximum atomic E-state index is 13.1. The number of hydrogen-bond acceptors (Lipinski definition) is 6. The summed E-state index contributed by atoms with van der Waals surface area (Å²) in [5.74, 6) is -0.153. The Bertz CT molecular complexity index is 1260. The van der Waals surface area contributed by atoms with Gasteiger partial charge < -0.3 is 10.1 Å². The number of nitrogens with one attached hydrogen (secondary N) is 1. The zero-order valence-corrected chi connectivity index (χ0v) is 19.3. The highest BCUT2D eigenvalue weighted by molar-refractivity contribution is 7.89. The van der Waals surface area contributed by atoms with Crippen molar-refractivity contribution in [2.24, 2.45) is 7.05 Å². The second-order valence-corrected chi connectivity index (χ2v) is 9.91. The number of carbonyl (C=O) groups is 1. The third-order valence-electron chi connectivity index (χ3n) is 5.52. The van der Waals surface area contributed by atoms with E-state index in [0.717, 1.165) is 35.9 Å². The molecular weight excluding hydrogens is 430 g/mol. The molecule has 1 fully saturated rings. The Morgan fingerprint density at radius 3 is 2.62 bits per heavy atom. The number of sulfonamides is 1. The number of pyridine rings is 1. The molecule has 0 bridgehead atoms. The first kappa shape index (κ1) is 22.2. The molecule has 170 valence electrons. The van der Waals surface area contributed by atoms with Crippen LogP contribution in [0, 0.1) is 13.8 Å². The molecule has 2 aromatic heterocycles. The SMILES string of the molecule is Cc1cc(C)c2c(OCC(=O)Nc3ccccc3S(=O)(=O)N3CCCCC3)nn(C)c2n1. The van der Waals surface area contributed by atoms with E-state index in [4.69, 9.17) is 4.74 Å². The number of aromatic nitrogens is 3. The summed E-state index contributed by atoms with van der Waals surface area (Å²) < 4.78 is 35.0. The van der Waals surface area contributed by atoms with Crippen LogP contribution in [-0.4, -0.2) is 53.1 Å². The molecule has 1 aliphatic rings. The molecule has 0 unspecified atom stereocenters. The van der Waals surface area contributed by atoms with E-state index in [1.807, 2.05) is 19.9 Å². The average Bonchev–Trinajstić information content (AvgIpc) is 3.09. The fraction of sp³-hybridized carbons (Fsp3) is 0.409. The summed E-state index contributed by atoms with van der Waals surface area (Å²) in [6.45, 7) is 4.52. The lowest BCUT2D eigenvalue weighted by atomic mass is 10.2. The molecule has 32 heavy (non-hydrogen) atoms. The van der Waals surface area contributed by atoms with E-state index < -0.39 is 15.9 Å². The summed E-state index contributed by atoms with van der Waals surface area (Å²) in [6.07, 6.45) is 2.71. The smallest absolute Gasteiger partial charge is 0.262 e. The molecule has 1 aliphatic heterocycles. The Morgan fingerprint density at radius 2 is 1.88 bits per heavy atom. The number of fused-ring (bicyclic) bond motifs is 1. The Balaban J connectivity index is 1.51. The van der Waals surface area contributed by atoms with Crippen molar-refractivity contribution in [1.29, 1.82) is 0 Å². The minimum atomic E-state index is -3.69. The van der Waals surface area contributed by atoms with Crippen molar-refractivity contribution < 1.29 is 17.9 Å². The molecule has 0 atom stereocenters. The van der Waals surface area contributed by atoms with Crippen LogP contribution >= 0.6 is 0 Å². The Hall–Kier alpha value is -2.98. The van der Waals surface area contributed by atoms with Gasteiger partial charge in [-0.15, -0.1) is 5.10 Å². The lowest BCUT2D eigenvalue weighted by molar-refractivity contribution is -0.118. The van der Waals surface area contributed by atoms with E-state index in [1.54, 1.807) is 29.9 Å². The van der Waals surface area contributed by atoms with Gasteiger partial charge in [-0.1, -0.05) is 18.6 Å². The van der Waals surface area contributed by atoms with Crippen molar-refractivity contribution in [3.8, 4) is 5.88 Å². The highest BCUT2D eigenvalue weighted by Crippen LogP contribution is 2.28. The van der Waals surface area contributed by atoms with Gasteiger partial charge in [0.15, 0.2) is 12.3 Å². The van der Waals surface area contributed by atoms with Crippen LogP contribution in [0.15, 0.2) is 35.2 Å². The predicted molar refractivity (Wildman–Crippen MR) is 121 cm³/mol. The molecule has 1 amide bonds. The minimum Gasteiger partial charge on any atom is -0.466 e. The summed E-state index contributed by atoms with van der Waals surface area (Å²) in [5.41, 5.74) is 2.74. The Labute approximate surface area is 187 Å². The van der Waals surface area contributed by atoms with Crippen LogP contribution in [0.2, 0.25) is 0 Å². The second kappa shape index (κ2) is 8.87. The highest BCUT2D eigenvalue weighted by atomic mass is 32.2. The van der Waals surface area contributed by atoms with Crippen LogP contribution in [0.5, 0.6) is 5.88 Å². The number of rotatable bonds is 6. The first-order valence-corrected chi connectivity index (χ1v) is 12.0. The van der Waals surface area contributed by atoms with Crippen molar-refractivity contribution in [1.82, 2.24) is 19.1 Å². The van der Waals surface area contributed by atoms with Gasteiger partial charge in [0.2, 0.25) is 15.9 Å². The Morgan fingerprint density at radius 1 is 1.16 bits per heavy atom. The van der Waals surface area contributed by atoms with Crippen molar-refractivity contribution in [3.63, 3.8) is 0 Å². The van der Waals surface area contributed by atoms with Gasteiger partial charge in [-0.25, -0.2) is 18.1 Å². The summed E-state index contributed by atoms with van der Waals surface area (Å²) in [6, 6.07) is 8.38. The normalized spacial score (nSPS) is 15.1. The molecule has 10 heteroatoms. The van der Waals surface area contributed by atoms with E-state index in [-0.39, 0.29) is 17.2 Å². The third-order valence-corrected chi connectivity index (χ3v) is 7.48. The van der Waals surface area contributed by atoms with E-state index in [9.17, 15) is 13.2 Å². The highest BCUT2D eigenvalue weighted by Gasteiger charge is 2.28. The zero-order chi connectivity index (χ0) is 22.9. The Kier molecular flexibility index (Phi) is 6.16. The summed E-state index contributed by atoms with van der Waals surface area (Å²) >= 11 is 0. The number of carbonyl (C=O) groups excluding carboxylic acids is 1. The maximum absolute atomic E-state index is 13.1. The molecule has 1 saturated heterocycles. The molecule has 3 aromatic rings. The average molecular weight is 458 g/mol. The van der Waals surface area contributed by atoms with Gasteiger partial charge in [0.1, 0.15) is 4.90 Å². The number of hydrogen-bond donors (Lipinski definition) is 1. The van der Waals surface area contributed by atoms with Gasteiger partial charge in [-0.05, 0) is 50.5 Å². The lowest BCUT2D eigenvalue weighted by Gasteiger charge is -2.26. The number of amides is 1. The molecule has 3 heterocycles. The van der Waals surface area contributed by atoms with E-state index in [2.05, 4.69) is 15.4 Å². The fourth-order valence-electron chi connectivity index (χ4n) is 4.01. The standard InChI is InChI=1S/C22H27N5O4S/c1-15-13-16(2)23-21-20(15)22(25-26(21)3)31-14-19(28)24-17-9-5-6-10-18(17)32(29,30)27-11-7-4-8-12-27/h5-6,9-10,13H,4,7-8,11-12,14H2,1-3H3,(H,24,28). The first-order chi connectivity index (χ1) is 15.3. The maximum Gasteiger partial charge on any atom is 0.262 e. The summed E-state index contributed by atoms with van der Waals surface area (Å²) in [7, 11) is -1.92. The lowest BCUT2D eigenvalue weighted by Crippen LogP contribution is -2.36.